The number of para-hydroxylation sites is 2. The zero-order valence-corrected chi connectivity index (χ0v) is 14.2. The number of carbonyl (C=O) groups is 1. The summed E-state index contributed by atoms with van der Waals surface area (Å²) in [6.45, 7) is 3.13. The van der Waals surface area contributed by atoms with Crippen molar-refractivity contribution in [2.45, 2.75) is 32.7 Å². The van der Waals surface area contributed by atoms with E-state index in [0.717, 1.165) is 47.7 Å². The van der Waals surface area contributed by atoms with Crippen LogP contribution in [0.2, 0.25) is 0 Å². The summed E-state index contributed by atoms with van der Waals surface area (Å²) in [6, 6.07) is 16.3. The Morgan fingerprint density at radius 1 is 0.960 bits per heavy atom. The van der Waals surface area contributed by atoms with E-state index in [9.17, 15) is 4.79 Å². The molecule has 2 aromatic carbocycles. The molecule has 0 atom stereocenters. The second-order valence-corrected chi connectivity index (χ2v) is 6.65. The second-order valence-electron chi connectivity index (χ2n) is 6.65. The molecular weight excluding hydrogens is 310 g/mol. The van der Waals surface area contributed by atoms with Crippen LogP contribution in [0.1, 0.15) is 35.8 Å². The van der Waals surface area contributed by atoms with Crippen molar-refractivity contribution < 1.29 is 4.79 Å². The first kappa shape index (κ1) is 14.5. The second kappa shape index (κ2) is 5.31. The van der Waals surface area contributed by atoms with Crippen LogP contribution in [0.3, 0.4) is 0 Å². The largest absolute Gasteiger partial charge is 0.310 e. The van der Waals surface area contributed by atoms with Crippen LogP contribution in [0.4, 0.5) is 0 Å². The zero-order chi connectivity index (χ0) is 17.0. The molecule has 0 aliphatic heterocycles. The Hall–Kier alpha value is -2.88. The molecule has 0 spiro atoms. The lowest BCUT2D eigenvalue weighted by Gasteiger charge is -2.04. The Morgan fingerprint density at radius 2 is 1.68 bits per heavy atom. The standard InChI is InChI=1S/C21H19N3O/c1-2-13-23-16-9-5-6-10-17(16)24-18-11-12-19(25)14-7-3-4-8-15(14)20(18)22-21(23)24/h3-10H,2,11-13H2,1H3. The van der Waals surface area contributed by atoms with Gasteiger partial charge in [-0.2, -0.15) is 0 Å². The summed E-state index contributed by atoms with van der Waals surface area (Å²) in [5, 5.41) is 0. The van der Waals surface area contributed by atoms with Crippen molar-refractivity contribution in [3.8, 4) is 11.3 Å². The molecule has 2 heterocycles. The van der Waals surface area contributed by atoms with Crippen LogP contribution in [0, 0.1) is 0 Å². The summed E-state index contributed by atoms with van der Waals surface area (Å²) in [5.74, 6) is 1.19. The quantitative estimate of drug-likeness (QED) is 0.543. The smallest absolute Gasteiger partial charge is 0.215 e. The highest BCUT2D eigenvalue weighted by atomic mass is 16.1. The van der Waals surface area contributed by atoms with Gasteiger partial charge in [-0.05, 0) is 25.0 Å². The Kier molecular flexibility index (Phi) is 3.07. The first-order valence-electron chi connectivity index (χ1n) is 8.90. The number of imidazole rings is 2. The Labute approximate surface area is 145 Å². The molecule has 2 aromatic heterocycles. The number of benzene rings is 2. The Morgan fingerprint density at radius 3 is 2.48 bits per heavy atom. The van der Waals surface area contributed by atoms with E-state index in [1.165, 1.54) is 11.0 Å². The lowest BCUT2D eigenvalue weighted by Crippen LogP contribution is -2.01. The SMILES string of the molecule is CCCn1c2ccccc2n2c3c(nc12)-c1ccccc1C(=O)CC3. The van der Waals surface area contributed by atoms with E-state index in [2.05, 4.69) is 40.2 Å². The van der Waals surface area contributed by atoms with Gasteiger partial charge in [0.15, 0.2) is 5.78 Å². The normalized spacial score (nSPS) is 13.9. The number of hydrogen-bond acceptors (Lipinski definition) is 2. The number of nitrogens with zero attached hydrogens (tertiary/aromatic N) is 3. The first-order chi connectivity index (χ1) is 12.3. The molecular formula is C21H19N3O. The van der Waals surface area contributed by atoms with Gasteiger partial charge in [0.1, 0.15) is 0 Å². The van der Waals surface area contributed by atoms with Crippen LogP contribution in [0.15, 0.2) is 48.5 Å². The van der Waals surface area contributed by atoms with Gasteiger partial charge in [0, 0.05) is 24.1 Å². The van der Waals surface area contributed by atoms with Gasteiger partial charge in [0.2, 0.25) is 5.78 Å². The number of aromatic nitrogens is 3. The molecule has 4 heteroatoms. The predicted octanol–water partition coefficient (Wildman–Crippen LogP) is 4.49. The molecule has 1 aliphatic carbocycles. The minimum atomic E-state index is 0.208. The van der Waals surface area contributed by atoms with Gasteiger partial charge in [-0.3, -0.25) is 9.20 Å². The molecule has 0 N–H and O–H groups in total. The zero-order valence-electron chi connectivity index (χ0n) is 14.2. The maximum absolute atomic E-state index is 12.5. The molecule has 0 unspecified atom stereocenters. The van der Waals surface area contributed by atoms with E-state index < -0.39 is 0 Å². The minimum absolute atomic E-state index is 0.208. The van der Waals surface area contributed by atoms with E-state index in [-0.39, 0.29) is 5.78 Å². The minimum Gasteiger partial charge on any atom is -0.310 e. The van der Waals surface area contributed by atoms with Gasteiger partial charge in [-0.25, -0.2) is 4.98 Å². The Balaban J connectivity index is 1.91. The summed E-state index contributed by atoms with van der Waals surface area (Å²) in [7, 11) is 0. The van der Waals surface area contributed by atoms with Crippen LogP contribution < -0.4 is 0 Å². The van der Waals surface area contributed by atoms with E-state index in [0.29, 0.717) is 6.42 Å². The number of Topliss-reactive ketones (excluding diaryl/α,β-unsaturated/α-hetero) is 1. The van der Waals surface area contributed by atoms with Crippen molar-refractivity contribution in [2.24, 2.45) is 0 Å². The van der Waals surface area contributed by atoms with Crippen molar-refractivity contribution in [3.05, 3.63) is 59.8 Å². The lowest BCUT2D eigenvalue weighted by molar-refractivity contribution is 0.0984. The predicted molar refractivity (Wildman–Crippen MR) is 99.1 cm³/mol. The monoisotopic (exact) mass is 329 g/mol. The first-order valence-corrected chi connectivity index (χ1v) is 8.90. The molecule has 0 saturated heterocycles. The number of fused-ring (bicyclic) bond motifs is 7. The highest BCUT2D eigenvalue weighted by Crippen LogP contribution is 2.35. The molecule has 0 saturated carbocycles. The highest BCUT2D eigenvalue weighted by molar-refractivity contribution is 6.03. The maximum atomic E-state index is 12.5. The fourth-order valence-corrected chi connectivity index (χ4v) is 4.05. The number of carbonyl (C=O) groups excluding carboxylic acids is 1. The van der Waals surface area contributed by atoms with Crippen molar-refractivity contribution in [2.75, 3.05) is 0 Å². The molecule has 5 rings (SSSR count). The summed E-state index contributed by atoms with van der Waals surface area (Å²) in [5.41, 5.74) is 6.26. The van der Waals surface area contributed by atoms with Gasteiger partial charge in [0.25, 0.3) is 0 Å². The van der Waals surface area contributed by atoms with Gasteiger partial charge in [-0.1, -0.05) is 43.3 Å². The molecule has 25 heavy (non-hydrogen) atoms. The summed E-state index contributed by atoms with van der Waals surface area (Å²) in [4.78, 5) is 17.6. The third kappa shape index (κ3) is 1.94. The van der Waals surface area contributed by atoms with Crippen LogP contribution >= 0.6 is 0 Å². The fourth-order valence-electron chi connectivity index (χ4n) is 4.05. The van der Waals surface area contributed by atoms with E-state index in [1.807, 2.05) is 24.3 Å². The summed E-state index contributed by atoms with van der Waals surface area (Å²) in [6.07, 6.45) is 2.32. The topological polar surface area (TPSA) is 39.3 Å². The average Bonchev–Trinajstić information content (AvgIpc) is 3.12. The summed E-state index contributed by atoms with van der Waals surface area (Å²) < 4.78 is 4.56. The third-order valence-corrected chi connectivity index (χ3v) is 5.13. The molecule has 0 fully saturated rings. The van der Waals surface area contributed by atoms with Crippen LogP contribution in [0.5, 0.6) is 0 Å². The maximum Gasteiger partial charge on any atom is 0.215 e. The number of rotatable bonds is 2. The van der Waals surface area contributed by atoms with Crippen molar-refractivity contribution in [1.29, 1.82) is 0 Å². The molecule has 1 aliphatic rings. The average molecular weight is 329 g/mol. The van der Waals surface area contributed by atoms with Crippen molar-refractivity contribution >= 4 is 22.6 Å². The summed E-state index contributed by atoms with van der Waals surface area (Å²) >= 11 is 0. The fraction of sp³-hybridized carbons (Fsp3) is 0.238. The van der Waals surface area contributed by atoms with Crippen LogP contribution in [0.25, 0.3) is 28.1 Å². The number of ketones is 1. The lowest BCUT2D eigenvalue weighted by atomic mass is 10.0. The van der Waals surface area contributed by atoms with Gasteiger partial charge < -0.3 is 4.57 Å². The Bertz CT molecular complexity index is 1130. The van der Waals surface area contributed by atoms with E-state index in [4.69, 9.17) is 4.98 Å². The molecule has 0 radical (unpaired) electrons. The molecule has 124 valence electrons. The van der Waals surface area contributed by atoms with Gasteiger partial charge >= 0.3 is 0 Å². The third-order valence-electron chi connectivity index (χ3n) is 5.13. The van der Waals surface area contributed by atoms with Crippen molar-refractivity contribution in [3.63, 3.8) is 0 Å². The highest BCUT2D eigenvalue weighted by Gasteiger charge is 2.26. The van der Waals surface area contributed by atoms with Gasteiger partial charge in [0.05, 0.1) is 22.4 Å². The molecule has 0 bridgehead atoms. The van der Waals surface area contributed by atoms with Crippen LogP contribution in [-0.2, 0) is 13.0 Å². The van der Waals surface area contributed by atoms with E-state index in [1.54, 1.807) is 0 Å². The van der Waals surface area contributed by atoms with Crippen molar-refractivity contribution in [1.82, 2.24) is 14.0 Å². The molecule has 0 amide bonds. The number of aryl methyl sites for hydroxylation is 2. The van der Waals surface area contributed by atoms with E-state index >= 15 is 0 Å². The molecule has 4 aromatic rings. The number of hydrogen-bond donors (Lipinski definition) is 0. The van der Waals surface area contributed by atoms with Gasteiger partial charge in [-0.15, -0.1) is 0 Å². The van der Waals surface area contributed by atoms with Crippen LogP contribution in [-0.4, -0.2) is 19.7 Å². The molecule has 4 nitrogen and oxygen atoms in total.